The molecule has 0 aromatic carbocycles. The Morgan fingerprint density at radius 1 is 1.58 bits per heavy atom. The molecule has 0 bridgehead atoms. The van der Waals surface area contributed by atoms with E-state index in [1.807, 2.05) is 0 Å². The molecular formula is C8H14O4. The van der Waals surface area contributed by atoms with E-state index in [9.17, 15) is 4.79 Å². The lowest BCUT2D eigenvalue weighted by Crippen LogP contribution is -2.30. The Bertz CT molecular complexity index is 144. The summed E-state index contributed by atoms with van der Waals surface area (Å²) in [5, 5.41) is 0. The Kier molecular flexibility index (Phi) is 6.32. The predicted octanol–water partition coefficient (Wildman–Crippen LogP) is 0.377. The Morgan fingerprint density at radius 2 is 2.25 bits per heavy atom. The first-order valence-electron chi connectivity index (χ1n) is 3.55. The second-order valence-corrected chi connectivity index (χ2v) is 2.09. The lowest BCUT2D eigenvalue weighted by molar-refractivity contribution is -0.156. The van der Waals surface area contributed by atoms with E-state index in [4.69, 9.17) is 9.47 Å². The van der Waals surface area contributed by atoms with E-state index in [0.717, 1.165) is 0 Å². The Balaban J connectivity index is 3.84. The van der Waals surface area contributed by atoms with Gasteiger partial charge in [-0.25, -0.2) is 4.79 Å². The zero-order valence-corrected chi connectivity index (χ0v) is 7.41. The van der Waals surface area contributed by atoms with Crippen LogP contribution in [0.25, 0.3) is 0 Å². The molecule has 12 heavy (non-hydrogen) atoms. The van der Waals surface area contributed by atoms with Crippen molar-refractivity contribution in [2.45, 2.75) is 6.10 Å². The molecule has 0 saturated carbocycles. The molecule has 0 fully saturated rings. The van der Waals surface area contributed by atoms with Gasteiger partial charge in [0, 0.05) is 7.11 Å². The molecule has 4 heteroatoms. The highest BCUT2D eigenvalue weighted by atomic mass is 16.6. The van der Waals surface area contributed by atoms with Crippen LogP contribution in [0.5, 0.6) is 0 Å². The van der Waals surface area contributed by atoms with E-state index in [2.05, 4.69) is 11.3 Å². The molecule has 0 aromatic heterocycles. The van der Waals surface area contributed by atoms with Crippen molar-refractivity contribution < 1.29 is 19.0 Å². The van der Waals surface area contributed by atoms with E-state index in [1.54, 1.807) is 6.08 Å². The van der Waals surface area contributed by atoms with Crippen LogP contribution in [-0.4, -0.2) is 39.5 Å². The van der Waals surface area contributed by atoms with Gasteiger partial charge >= 0.3 is 5.97 Å². The summed E-state index contributed by atoms with van der Waals surface area (Å²) in [5.74, 6) is -0.432. The maximum Gasteiger partial charge on any atom is 0.337 e. The van der Waals surface area contributed by atoms with Crippen molar-refractivity contribution in [3.8, 4) is 0 Å². The molecule has 0 N–H and O–H groups in total. The van der Waals surface area contributed by atoms with Crippen molar-refractivity contribution >= 4 is 5.97 Å². The van der Waals surface area contributed by atoms with Crippen LogP contribution in [0.15, 0.2) is 12.7 Å². The fraction of sp³-hybridized carbons (Fsp3) is 0.625. The zero-order chi connectivity index (χ0) is 9.40. The fourth-order valence-corrected chi connectivity index (χ4v) is 0.651. The monoisotopic (exact) mass is 174 g/mol. The largest absolute Gasteiger partial charge is 0.467 e. The van der Waals surface area contributed by atoms with Crippen molar-refractivity contribution in [2.75, 3.05) is 27.4 Å². The number of hydrogen-bond donors (Lipinski definition) is 0. The minimum Gasteiger partial charge on any atom is -0.467 e. The number of esters is 1. The molecule has 0 amide bonds. The summed E-state index contributed by atoms with van der Waals surface area (Å²) < 4.78 is 14.3. The zero-order valence-electron chi connectivity index (χ0n) is 7.41. The molecule has 0 aromatic rings. The van der Waals surface area contributed by atoms with Crippen molar-refractivity contribution in [1.82, 2.24) is 0 Å². The summed E-state index contributed by atoms with van der Waals surface area (Å²) in [6.07, 6.45) is 0.906. The molecule has 4 nitrogen and oxygen atoms in total. The first kappa shape index (κ1) is 11.1. The number of methoxy groups -OCH3 is 2. The number of ether oxygens (including phenoxy) is 3. The molecule has 1 atom stereocenters. The van der Waals surface area contributed by atoms with Crippen molar-refractivity contribution in [3.63, 3.8) is 0 Å². The van der Waals surface area contributed by atoms with Gasteiger partial charge in [-0.05, 0) is 0 Å². The van der Waals surface area contributed by atoms with Crippen LogP contribution in [0.3, 0.4) is 0 Å². The first-order chi connectivity index (χ1) is 5.76. The Labute approximate surface area is 72.1 Å². The minimum atomic E-state index is -0.655. The molecule has 0 aliphatic heterocycles. The lowest BCUT2D eigenvalue weighted by atomic mass is 10.4. The third-order valence-corrected chi connectivity index (χ3v) is 1.20. The molecular weight excluding hydrogens is 160 g/mol. The number of hydrogen-bond acceptors (Lipinski definition) is 4. The Hall–Kier alpha value is -0.870. The van der Waals surface area contributed by atoms with Gasteiger partial charge in [0.2, 0.25) is 0 Å². The van der Waals surface area contributed by atoms with E-state index in [-0.39, 0.29) is 6.61 Å². The van der Waals surface area contributed by atoms with E-state index in [1.165, 1.54) is 14.2 Å². The molecule has 0 rings (SSSR count). The third kappa shape index (κ3) is 4.10. The van der Waals surface area contributed by atoms with Gasteiger partial charge in [0.15, 0.2) is 6.10 Å². The van der Waals surface area contributed by atoms with Gasteiger partial charge in [0.25, 0.3) is 0 Å². The summed E-state index contributed by atoms with van der Waals surface area (Å²) in [4.78, 5) is 10.9. The molecule has 0 aliphatic carbocycles. The highest BCUT2D eigenvalue weighted by molar-refractivity contribution is 5.74. The SMILES string of the molecule is C=CCOC(COC)C(=O)OC. The van der Waals surface area contributed by atoms with E-state index in [0.29, 0.717) is 6.61 Å². The fourth-order valence-electron chi connectivity index (χ4n) is 0.651. The van der Waals surface area contributed by atoms with Gasteiger partial charge in [0.05, 0.1) is 20.3 Å². The predicted molar refractivity (Wildman–Crippen MR) is 43.8 cm³/mol. The Morgan fingerprint density at radius 3 is 2.67 bits per heavy atom. The van der Waals surface area contributed by atoms with Gasteiger partial charge in [-0.3, -0.25) is 0 Å². The number of rotatable bonds is 6. The number of carbonyl (C=O) groups is 1. The lowest BCUT2D eigenvalue weighted by Gasteiger charge is -2.12. The van der Waals surface area contributed by atoms with Crippen LogP contribution in [0.1, 0.15) is 0 Å². The maximum atomic E-state index is 10.9. The minimum absolute atomic E-state index is 0.195. The molecule has 1 unspecified atom stereocenters. The van der Waals surface area contributed by atoms with Crippen LogP contribution in [0.4, 0.5) is 0 Å². The van der Waals surface area contributed by atoms with Crippen LogP contribution in [0, 0.1) is 0 Å². The highest BCUT2D eigenvalue weighted by Crippen LogP contribution is 1.95. The summed E-state index contributed by atoms with van der Waals surface area (Å²) in [5.41, 5.74) is 0. The van der Waals surface area contributed by atoms with Crippen LogP contribution in [0.2, 0.25) is 0 Å². The van der Waals surface area contributed by atoms with Crippen molar-refractivity contribution in [2.24, 2.45) is 0 Å². The average molecular weight is 174 g/mol. The van der Waals surface area contributed by atoms with Gasteiger partial charge in [0.1, 0.15) is 0 Å². The average Bonchev–Trinajstić information content (AvgIpc) is 2.11. The van der Waals surface area contributed by atoms with E-state index < -0.39 is 12.1 Å². The van der Waals surface area contributed by atoms with Crippen LogP contribution in [-0.2, 0) is 19.0 Å². The molecule has 0 aliphatic rings. The van der Waals surface area contributed by atoms with Crippen LogP contribution >= 0.6 is 0 Å². The standard InChI is InChI=1S/C8H14O4/c1-4-5-12-7(6-10-2)8(9)11-3/h4,7H,1,5-6H2,2-3H3. The second kappa shape index (κ2) is 6.82. The van der Waals surface area contributed by atoms with Crippen molar-refractivity contribution in [1.29, 1.82) is 0 Å². The third-order valence-electron chi connectivity index (χ3n) is 1.20. The number of carbonyl (C=O) groups excluding carboxylic acids is 1. The van der Waals surface area contributed by atoms with Gasteiger partial charge in [-0.15, -0.1) is 6.58 Å². The first-order valence-corrected chi connectivity index (χ1v) is 3.55. The van der Waals surface area contributed by atoms with E-state index >= 15 is 0 Å². The maximum absolute atomic E-state index is 10.9. The summed E-state index contributed by atoms with van der Waals surface area (Å²) >= 11 is 0. The second-order valence-electron chi connectivity index (χ2n) is 2.09. The molecule has 0 heterocycles. The quantitative estimate of drug-likeness (QED) is 0.431. The molecule has 0 saturated heterocycles. The summed E-state index contributed by atoms with van der Waals surface area (Å²) in [6.45, 7) is 3.96. The summed E-state index contributed by atoms with van der Waals surface area (Å²) in [7, 11) is 2.80. The van der Waals surface area contributed by atoms with Crippen LogP contribution < -0.4 is 0 Å². The molecule has 0 spiro atoms. The smallest absolute Gasteiger partial charge is 0.337 e. The normalized spacial score (nSPS) is 12.2. The van der Waals surface area contributed by atoms with Gasteiger partial charge in [-0.2, -0.15) is 0 Å². The molecule has 70 valence electrons. The topological polar surface area (TPSA) is 44.8 Å². The molecule has 0 radical (unpaired) electrons. The van der Waals surface area contributed by atoms with Gasteiger partial charge in [-0.1, -0.05) is 6.08 Å². The summed E-state index contributed by atoms with van der Waals surface area (Å²) in [6, 6.07) is 0. The van der Waals surface area contributed by atoms with Crippen molar-refractivity contribution in [3.05, 3.63) is 12.7 Å². The highest BCUT2D eigenvalue weighted by Gasteiger charge is 2.18. The van der Waals surface area contributed by atoms with Gasteiger partial charge < -0.3 is 14.2 Å².